The molecular weight excluding hydrogens is 331 g/mol. The van der Waals surface area contributed by atoms with Crippen molar-refractivity contribution in [2.45, 2.75) is 20.8 Å². The molecule has 0 atom stereocenters. The lowest BCUT2D eigenvalue weighted by Gasteiger charge is -2.37. The van der Waals surface area contributed by atoms with Crippen molar-refractivity contribution in [2.24, 2.45) is 5.41 Å². The third kappa shape index (κ3) is 3.71. The third-order valence-corrected chi connectivity index (χ3v) is 4.87. The van der Waals surface area contributed by atoms with E-state index in [9.17, 15) is 9.59 Å². The molecule has 1 fully saturated rings. The van der Waals surface area contributed by atoms with Gasteiger partial charge in [0.05, 0.1) is 9.90 Å². The van der Waals surface area contributed by atoms with Crippen LogP contribution in [-0.2, 0) is 4.79 Å². The van der Waals surface area contributed by atoms with Gasteiger partial charge in [-0.15, -0.1) is 11.3 Å². The fourth-order valence-electron chi connectivity index (χ4n) is 2.24. The second-order valence-corrected chi connectivity index (χ2v) is 8.36. The van der Waals surface area contributed by atoms with Gasteiger partial charge in [-0.25, -0.2) is 0 Å². The Morgan fingerprint density at radius 3 is 2.05 bits per heavy atom. The van der Waals surface area contributed by atoms with Crippen LogP contribution >= 0.6 is 34.5 Å². The van der Waals surface area contributed by atoms with E-state index in [4.69, 9.17) is 23.2 Å². The minimum Gasteiger partial charge on any atom is -0.339 e. The molecule has 0 spiro atoms. The van der Waals surface area contributed by atoms with Crippen molar-refractivity contribution < 1.29 is 9.59 Å². The van der Waals surface area contributed by atoms with Crippen LogP contribution in [0.15, 0.2) is 6.07 Å². The molecule has 2 amide bonds. The summed E-state index contributed by atoms with van der Waals surface area (Å²) in [6.45, 7) is 7.85. The molecular formula is C14H18Cl2N2O2S. The van der Waals surface area contributed by atoms with Crippen molar-refractivity contribution in [1.29, 1.82) is 0 Å². The first kappa shape index (κ1) is 16.6. The van der Waals surface area contributed by atoms with Gasteiger partial charge in [-0.1, -0.05) is 44.0 Å². The maximum atomic E-state index is 12.4. The predicted molar refractivity (Wildman–Crippen MR) is 86.3 cm³/mol. The van der Waals surface area contributed by atoms with Gasteiger partial charge >= 0.3 is 0 Å². The molecule has 0 unspecified atom stereocenters. The highest BCUT2D eigenvalue weighted by molar-refractivity contribution is 7.20. The number of hydrogen-bond donors (Lipinski definition) is 0. The van der Waals surface area contributed by atoms with Gasteiger partial charge in [0, 0.05) is 31.6 Å². The first-order chi connectivity index (χ1) is 9.70. The van der Waals surface area contributed by atoms with Crippen LogP contribution in [0.25, 0.3) is 0 Å². The quantitative estimate of drug-likeness (QED) is 0.780. The zero-order valence-corrected chi connectivity index (χ0v) is 14.6. The average molecular weight is 349 g/mol. The van der Waals surface area contributed by atoms with Crippen LogP contribution in [0.2, 0.25) is 8.67 Å². The highest BCUT2D eigenvalue weighted by Gasteiger charge is 2.31. The molecule has 2 rings (SSSR count). The molecule has 2 heterocycles. The highest BCUT2D eigenvalue weighted by atomic mass is 35.5. The Kier molecular flexibility index (Phi) is 4.85. The predicted octanol–water partition coefficient (Wildman–Crippen LogP) is 3.39. The Bertz CT molecular complexity index is 558. The average Bonchev–Trinajstić information content (AvgIpc) is 2.75. The number of rotatable bonds is 1. The Balaban J connectivity index is 2.00. The third-order valence-electron chi connectivity index (χ3n) is 3.38. The fraction of sp³-hybridized carbons (Fsp3) is 0.571. The molecule has 0 aliphatic carbocycles. The second kappa shape index (κ2) is 6.15. The van der Waals surface area contributed by atoms with Crippen molar-refractivity contribution >= 4 is 46.4 Å². The van der Waals surface area contributed by atoms with Crippen LogP contribution in [0, 0.1) is 5.41 Å². The first-order valence-corrected chi connectivity index (χ1v) is 8.31. The van der Waals surface area contributed by atoms with Crippen molar-refractivity contribution in [2.75, 3.05) is 26.2 Å². The summed E-state index contributed by atoms with van der Waals surface area (Å²) in [7, 11) is 0. The minimum absolute atomic E-state index is 0.117. The fourth-order valence-corrected chi connectivity index (χ4v) is 3.69. The summed E-state index contributed by atoms with van der Waals surface area (Å²) in [6.07, 6.45) is 0. The lowest BCUT2D eigenvalue weighted by Crippen LogP contribution is -2.53. The standard InChI is InChI=1S/C14H18Cl2N2O2S/c1-14(2,3)13(20)18-6-4-17(5-7-18)12(19)9-8-10(15)21-11(9)16/h8H,4-7H2,1-3H3. The zero-order chi connectivity index (χ0) is 15.8. The number of carbonyl (C=O) groups excluding carboxylic acids is 2. The molecule has 1 aromatic rings. The number of hydrogen-bond acceptors (Lipinski definition) is 3. The van der Waals surface area contributed by atoms with E-state index < -0.39 is 5.41 Å². The first-order valence-electron chi connectivity index (χ1n) is 6.73. The molecule has 0 N–H and O–H groups in total. The molecule has 0 bridgehead atoms. The summed E-state index contributed by atoms with van der Waals surface area (Å²) >= 11 is 13.1. The van der Waals surface area contributed by atoms with Crippen LogP contribution in [0.3, 0.4) is 0 Å². The number of piperazine rings is 1. The molecule has 21 heavy (non-hydrogen) atoms. The van der Waals surface area contributed by atoms with Crippen molar-refractivity contribution in [1.82, 2.24) is 9.80 Å². The molecule has 0 aromatic carbocycles. The van der Waals surface area contributed by atoms with E-state index >= 15 is 0 Å². The van der Waals surface area contributed by atoms with E-state index in [1.165, 1.54) is 11.3 Å². The van der Waals surface area contributed by atoms with Gasteiger partial charge in [0.25, 0.3) is 5.91 Å². The van der Waals surface area contributed by atoms with E-state index in [0.29, 0.717) is 40.4 Å². The van der Waals surface area contributed by atoms with Gasteiger partial charge in [-0.2, -0.15) is 0 Å². The summed E-state index contributed by atoms with van der Waals surface area (Å²) < 4.78 is 0.920. The molecule has 1 aliphatic rings. The number of carbonyl (C=O) groups is 2. The lowest BCUT2D eigenvalue weighted by molar-refractivity contribution is -0.140. The van der Waals surface area contributed by atoms with Crippen LogP contribution in [-0.4, -0.2) is 47.8 Å². The molecule has 1 aromatic heterocycles. The Morgan fingerprint density at radius 1 is 1.10 bits per heavy atom. The van der Waals surface area contributed by atoms with Crippen molar-refractivity contribution in [3.8, 4) is 0 Å². The van der Waals surface area contributed by atoms with Crippen LogP contribution < -0.4 is 0 Å². The maximum absolute atomic E-state index is 12.4. The summed E-state index contributed by atoms with van der Waals surface area (Å²) in [5, 5.41) is 0. The molecule has 1 saturated heterocycles. The van der Waals surface area contributed by atoms with Gasteiger partial charge in [-0.05, 0) is 6.07 Å². The largest absolute Gasteiger partial charge is 0.339 e. The number of thiophene rings is 1. The molecule has 1 aliphatic heterocycles. The maximum Gasteiger partial charge on any atom is 0.256 e. The van der Waals surface area contributed by atoms with Crippen LogP contribution in [0.1, 0.15) is 31.1 Å². The van der Waals surface area contributed by atoms with Crippen LogP contribution in [0.5, 0.6) is 0 Å². The summed E-state index contributed by atoms with van der Waals surface area (Å²) in [4.78, 5) is 28.1. The monoisotopic (exact) mass is 348 g/mol. The molecule has 0 saturated carbocycles. The summed E-state index contributed by atoms with van der Waals surface area (Å²) in [5.74, 6) is -0.00258. The lowest BCUT2D eigenvalue weighted by atomic mass is 9.94. The van der Waals surface area contributed by atoms with Crippen molar-refractivity contribution in [3.05, 3.63) is 20.3 Å². The molecule has 7 heteroatoms. The number of nitrogens with zero attached hydrogens (tertiary/aromatic N) is 2. The summed E-state index contributed by atoms with van der Waals surface area (Å²) in [6, 6.07) is 1.60. The second-order valence-electron chi connectivity index (χ2n) is 6.07. The van der Waals surface area contributed by atoms with Gasteiger partial charge < -0.3 is 9.80 Å². The van der Waals surface area contributed by atoms with Gasteiger partial charge in [-0.3, -0.25) is 9.59 Å². The Morgan fingerprint density at radius 2 is 1.62 bits per heavy atom. The minimum atomic E-state index is -0.392. The summed E-state index contributed by atoms with van der Waals surface area (Å²) in [5.41, 5.74) is 0.0541. The Labute approximate surface area is 138 Å². The highest BCUT2D eigenvalue weighted by Crippen LogP contribution is 2.32. The molecule has 116 valence electrons. The topological polar surface area (TPSA) is 40.6 Å². The van der Waals surface area contributed by atoms with Gasteiger partial charge in [0.2, 0.25) is 5.91 Å². The SMILES string of the molecule is CC(C)(C)C(=O)N1CCN(C(=O)c2cc(Cl)sc2Cl)CC1. The zero-order valence-electron chi connectivity index (χ0n) is 12.3. The van der Waals surface area contributed by atoms with Crippen LogP contribution in [0.4, 0.5) is 0 Å². The van der Waals surface area contributed by atoms with E-state index in [1.807, 2.05) is 25.7 Å². The Hall–Kier alpha value is -0.780. The number of amides is 2. The van der Waals surface area contributed by atoms with Gasteiger partial charge in [0.1, 0.15) is 4.34 Å². The van der Waals surface area contributed by atoms with E-state index in [-0.39, 0.29) is 11.8 Å². The van der Waals surface area contributed by atoms with E-state index in [2.05, 4.69) is 0 Å². The molecule has 0 radical (unpaired) electrons. The molecule has 4 nitrogen and oxygen atoms in total. The van der Waals surface area contributed by atoms with Crippen molar-refractivity contribution in [3.63, 3.8) is 0 Å². The smallest absolute Gasteiger partial charge is 0.256 e. The number of halogens is 2. The van der Waals surface area contributed by atoms with E-state index in [1.54, 1.807) is 11.0 Å². The van der Waals surface area contributed by atoms with E-state index in [0.717, 1.165) is 0 Å². The normalized spacial score (nSPS) is 16.2. The van der Waals surface area contributed by atoms with Gasteiger partial charge in [0.15, 0.2) is 0 Å².